The first-order valence-electron chi connectivity index (χ1n) is 6.41. The van der Waals surface area contributed by atoms with Gasteiger partial charge >= 0.3 is 6.18 Å². The first kappa shape index (κ1) is 16.2. The molecule has 1 heterocycles. The van der Waals surface area contributed by atoms with E-state index in [2.05, 4.69) is 5.32 Å². The Kier molecular flexibility index (Phi) is 5.20. The van der Waals surface area contributed by atoms with Gasteiger partial charge in [0.15, 0.2) is 0 Å². The lowest BCUT2D eigenvalue weighted by Gasteiger charge is -2.23. The molecule has 1 amide bonds. The zero-order valence-electron chi connectivity index (χ0n) is 11.4. The highest BCUT2D eigenvalue weighted by Crippen LogP contribution is 2.22. The Balaban J connectivity index is 2.32. The summed E-state index contributed by atoms with van der Waals surface area (Å²) >= 11 is 0. The van der Waals surface area contributed by atoms with Gasteiger partial charge in [-0.05, 0) is 32.7 Å². The van der Waals surface area contributed by atoms with Gasteiger partial charge in [0.05, 0.1) is 12.0 Å². The van der Waals surface area contributed by atoms with Gasteiger partial charge in [0, 0.05) is 19.6 Å². The number of amides is 1. The standard InChI is InChI=1S/C12H22F3N3O/c1-11(2,7-16)10(19)17-5-9-3-4-18(6-9)8-12(13,14)15/h9H,3-8,16H2,1-2H3,(H,17,19). The van der Waals surface area contributed by atoms with Gasteiger partial charge in [0.25, 0.3) is 0 Å². The number of halogens is 3. The highest BCUT2D eigenvalue weighted by molar-refractivity contribution is 5.82. The maximum absolute atomic E-state index is 12.2. The third-order valence-corrected chi connectivity index (χ3v) is 3.45. The molecule has 1 saturated heterocycles. The average molecular weight is 281 g/mol. The van der Waals surface area contributed by atoms with Crippen molar-refractivity contribution in [3.8, 4) is 0 Å². The fourth-order valence-electron chi connectivity index (χ4n) is 2.05. The van der Waals surface area contributed by atoms with Crippen LogP contribution in [0.1, 0.15) is 20.3 Å². The van der Waals surface area contributed by atoms with Crippen LogP contribution in [0.3, 0.4) is 0 Å². The third-order valence-electron chi connectivity index (χ3n) is 3.45. The molecule has 1 rings (SSSR count). The number of nitrogens with one attached hydrogen (secondary N) is 1. The minimum atomic E-state index is -4.15. The number of carbonyl (C=O) groups is 1. The molecule has 0 bridgehead atoms. The Morgan fingerprint density at radius 2 is 2.05 bits per heavy atom. The van der Waals surface area contributed by atoms with Gasteiger partial charge in [-0.15, -0.1) is 0 Å². The van der Waals surface area contributed by atoms with Gasteiger partial charge in [-0.3, -0.25) is 9.69 Å². The molecule has 3 N–H and O–H groups in total. The molecule has 0 aromatic carbocycles. The highest BCUT2D eigenvalue weighted by atomic mass is 19.4. The van der Waals surface area contributed by atoms with Gasteiger partial charge in [-0.1, -0.05) is 0 Å². The van der Waals surface area contributed by atoms with Gasteiger partial charge in [-0.25, -0.2) is 0 Å². The number of nitrogens with two attached hydrogens (primary N) is 1. The molecule has 1 atom stereocenters. The normalized spacial score (nSPS) is 21.7. The van der Waals surface area contributed by atoms with Crippen LogP contribution in [0.2, 0.25) is 0 Å². The first-order chi connectivity index (χ1) is 8.64. The molecule has 1 unspecified atom stereocenters. The summed E-state index contributed by atoms with van der Waals surface area (Å²) in [5.74, 6) is -0.0656. The third kappa shape index (κ3) is 5.36. The Bertz CT molecular complexity index is 318. The van der Waals surface area contributed by atoms with Gasteiger partial charge < -0.3 is 11.1 Å². The fraction of sp³-hybridized carbons (Fsp3) is 0.917. The molecule has 7 heteroatoms. The van der Waals surface area contributed by atoms with Crippen LogP contribution in [-0.2, 0) is 4.79 Å². The lowest BCUT2D eigenvalue weighted by molar-refractivity contribution is -0.143. The molecule has 112 valence electrons. The SMILES string of the molecule is CC(C)(CN)C(=O)NCC1CCN(CC(F)(F)F)C1. The largest absolute Gasteiger partial charge is 0.401 e. The Morgan fingerprint density at radius 3 is 2.58 bits per heavy atom. The number of hydrogen-bond donors (Lipinski definition) is 2. The smallest absolute Gasteiger partial charge is 0.355 e. The van der Waals surface area contributed by atoms with Crippen LogP contribution in [0, 0.1) is 11.3 Å². The monoisotopic (exact) mass is 281 g/mol. The summed E-state index contributed by atoms with van der Waals surface area (Å²) in [6.45, 7) is 4.08. The second-order valence-electron chi connectivity index (χ2n) is 5.80. The molecular formula is C12H22F3N3O. The van der Waals surface area contributed by atoms with Gasteiger partial charge in [0.1, 0.15) is 0 Å². The molecular weight excluding hydrogens is 259 g/mol. The van der Waals surface area contributed by atoms with Crippen molar-refractivity contribution in [1.29, 1.82) is 0 Å². The topological polar surface area (TPSA) is 58.4 Å². The van der Waals surface area contributed by atoms with E-state index in [9.17, 15) is 18.0 Å². The summed E-state index contributed by atoms with van der Waals surface area (Å²) in [6.07, 6.45) is -3.47. The van der Waals surface area contributed by atoms with Crippen molar-refractivity contribution < 1.29 is 18.0 Å². The maximum atomic E-state index is 12.2. The molecule has 0 aliphatic carbocycles. The van der Waals surface area contributed by atoms with E-state index in [4.69, 9.17) is 5.73 Å². The van der Waals surface area contributed by atoms with Crippen molar-refractivity contribution in [2.75, 3.05) is 32.7 Å². The van der Waals surface area contributed by atoms with E-state index in [1.165, 1.54) is 4.90 Å². The van der Waals surface area contributed by atoms with Crippen LogP contribution in [0.25, 0.3) is 0 Å². The van der Waals surface area contributed by atoms with Crippen LogP contribution >= 0.6 is 0 Å². The van der Waals surface area contributed by atoms with E-state index < -0.39 is 18.1 Å². The first-order valence-corrected chi connectivity index (χ1v) is 6.41. The molecule has 1 fully saturated rings. The second kappa shape index (κ2) is 6.09. The lowest BCUT2D eigenvalue weighted by Crippen LogP contribution is -2.43. The fourth-order valence-corrected chi connectivity index (χ4v) is 2.05. The number of carbonyl (C=O) groups excluding carboxylic acids is 1. The van der Waals surface area contributed by atoms with E-state index in [1.807, 2.05) is 0 Å². The Labute approximate surface area is 111 Å². The second-order valence-corrected chi connectivity index (χ2v) is 5.80. The minimum absolute atomic E-state index is 0.0832. The van der Waals surface area contributed by atoms with Gasteiger partial charge in [0.2, 0.25) is 5.91 Å². The predicted octanol–water partition coefficient (Wildman–Crippen LogP) is 0.972. The summed E-state index contributed by atoms with van der Waals surface area (Å²) in [5, 5.41) is 2.77. The number of likely N-dealkylation sites (tertiary alicyclic amines) is 1. The van der Waals surface area contributed by atoms with Crippen LogP contribution in [0.15, 0.2) is 0 Å². The van der Waals surface area contributed by atoms with Crippen LogP contribution < -0.4 is 11.1 Å². The average Bonchev–Trinajstić information content (AvgIpc) is 2.71. The van der Waals surface area contributed by atoms with E-state index in [-0.39, 0.29) is 18.4 Å². The summed E-state index contributed by atoms with van der Waals surface area (Å²) in [6, 6.07) is 0. The van der Waals surface area contributed by atoms with Crippen LogP contribution in [0.5, 0.6) is 0 Å². The lowest BCUT2D eigenvalue weighted by atomic mass is 9.92. The molecule has 0 aromatic heterocycles. The quantitative estimate of drug-likeness (QED) is 0.789. The molecule has 0 aromatic rings. The molecule has 0 radical (unpaired) electrons. The van der Waals surface area contributed by atoms with E-state index in [1.54, 1.807) is 13.8 Å². The molecule has 1 aliphatic heterocycles. The van der Waals surface area contributed by atoms with Crippen molar-refractivity contribution >= 4 is 5.91 Å². The van der Waals surface area contributed by atoms with Crippen LogP contribution in [0.4, 0.5) is 13.2 Å². The number of alkyl halides is 3. The van der Waals surface area contributed by atoms with E-state index >= 15 is 0 Å². The Morgan fingerprint density at radius 1 is 1.42 bits per heavy atom. The number of rotatable bonds is 5. The molecule has 1 aliphatic rings. The van der Waals surface area contributed by atoms with Crippen molar-refractivity contribution in [1.82, 2.24) is 10.2 Å². The van der Waals surface area contributed by atoms with E-state index in [0.717, 1.165) is 0 Å². The zero-order chi connectivity index (χ0) is 14.7. The zero-order valence-corrected chi connectivity index (χ0v) is 11.4. The summed E-state index contributed by atoms with van der Waals surface area (Å²) < 4.78 is 36.7. The predicted molar refractivity (Wildman–Crippen MR) is 66.4 cm³/mol. The summed E-state index contributed by atoms with van der Waals surface area (Å²) in [4.78, 5) is 13.2. The minimum Gasteiger partial charge on any atom is -0.355 e. The van der Waals surface area contributed by atoms with Crippen molar-refractivity contribution in [2.24, 2.45) is 17.1 Å². The highest BCUT2D eigenvalue weighted by Gasteiger charge is 2.34. The number of hydrogen-bond acceptors (Lipinski definition) is 3. The molecule has 0 spiro atoms. The van der Waals surface area contributed by atoms with Crippen molar-refractivity contribution in [2.45, 2.75) is 26.4 Å². The van der Waals surface area contributed by atoms with Gasteiger partial charge in [-0.2, -0.15) is 13.2 Å². The Hall–Kier alpha value is -0.820. The summed E-state index contributed by atoms with van der Waals surface area (Å²) in [5.41, 5.74) is 4.85. The van der Waals surface area contributed by atoms with Crippen LogP contribution in [-0.4, -0.2) is 49.7 Å². The molecule has 4 nitrogen and oxygen atoms in total. The molecule has 0 saturated carbocycles. The van der Waals surface area contributed by atoms with Crippen molar-refractivity contribution in [3.63, 3.8) is 0 Å². The van der Waals surface area contributed by atoms with Crippen molar-refractivity contribution in [3.05, 3.63) is 0 Å². The molecule has 19 heavy (non-hydrogen) atoms. The maximum Gasteiger partial charge on any atom is 0.401 e. The summed E-state index contributed by atoms with van der Waals surface area (Å²) in [7, 11) is 0. The number of nitrogens with zero attached hydrogens (tertiary/aromatic N) is 1. The van der Waals surface area contributed by atoms with E-state index in [0.29, 0.717) is 26.1 Å².